The zero-order valence-electron chi connectivity index (χ0n) is 15.6. The third kappa shape index (κ3) is 6.50. The molecule has 6 nitrogen and oxygen atoms in total. The molecule has 0 aromatic rings. The fraction of sp³-hybridized carbons (Fsp3) is 0.750. The molecule has 0 aromatic carbocycles. The monoisotopic (exact) mass is 368 g/mol. The highest BCUT2D eigenvalue weighted by atomic mass is 17.2. The van der Waals surface area contributed by atoms with E-state index in [1.807, 2.05) is 6.08 Å². The van der Waals surface area contributed by atoms with Gasteiger partial charge in [-0.05, 0) is 25.7 Å². The van der Waals surface area contributed by atoms with Crippen molar-refractivity contribution >= 4 is 5.97 Å². The van der Waals surface area contributed by atoms with E-state index in [4.69, 9.17) is 20.1 Å². The smallest absolute Gasteiger partial charge is 0.303 e. The number of aliphatic carboxylic acids is 1. The Morgan fingerprint density at radius 1 is 1.23 bits per heavy atom. The van der Waals surface area contributed by atoms with Gasteiger partial charge in [-0.15, -0.1) is 0 Å². The molecule has 0 aromatic heterocycles. The average Bonchev–Trinajstić information content (AvgIpc) is 3.22. The van der Waals surface area contributed by atoms with E-state index < -0.39 is 5.97 Å². The summed E-state index contributed by atoms with van der Waals surface area (Å²) in [5.41, 5.74) is 0. The molecule has 2 N–H and O–H groups in total. The Morgan fingerprint density at radius 3 is 2.77 bits per heavy atom. The predicted molar refractivity (Wildman–Crippen MR) is 97.4 cm³/mol. The predicted octanol–water partition coefficient (Wildman–Crippen LogP) is 4.52. The SMILES string of the molecule is CCCCC[C@H](/C=C/[C@@H]1[C@H](C/C=C/CCCC(=O)O)[C@@H]2C[C@H]1OO2)OO. The minimum Gasteiger partial charge on any atom is -0.481 e. The molecule has 2 rings (SSSR count). The van der Waals surface area contributed by atoms with Crippen molar-refractivity contribution in [2.75, 3.05) is 0 Å². The number of hydrogen-bond donors (Lipinski definition) is 2. The first-order valence-electron chi connectivity index (χ1n) is 9.83. The number of rotatable bonds is 13. The van der Waals surface area contributed by atoms with Crippen molar-refractivity contribution in [3.63, 3.8) is 0 Å². The standard InChI is InChI=1S/C20H32O6/c1-2-3-6-9-15(24-23)12-13-17-16(18-14-19(17)26-25-18)10-7-4-5-8-11-20(21)22/h4,7,12-13,15-19,23H,2-3,5-6,8-11,14H2,1H3,(H,21,22)/b7-4+,13-12+/t15-,16+,17-,18+,19-/m1/s1. The first-order valence-corrected chi connectivity index (χ1v) is 9.83. The molecule has 0 spiro atoms. The molecule has 26 heavy (non-hydrogen) atoms. The van der Waals surface area contributed by atoms with E-state index in [0.717, 1.165) is 44.9 Å². The number of carboxylic acids is 1. The number of carbonyl (C=O) groups is 1. The molecule has 0 radical (unpaired) electrons. The summed E-state index contributed by atoms with van der Waals surface area (Å²) in [6.07, 6.45) is 15.7. The van der Waals surface area contributed by atoms with Gasteiger partial charge < -0.3 is 5.11 Å². The van der Waals surface area contributed by atoms with Crippen LogP contribution in [0, 0.1) is 11.8 Å². The lowest BCUT2D eigenvalue weighted by Gasteiger charge is -2.27. The molecule has 0 unspecified atom stereocenters. The Bertz CT molecular complexity index is 475. The highest BCUT2D eigenvalue weighted by molar-refractivity contribution is 5.66. The third-order valence-electron chi connectivity index (χ3n) is 5.28. The molecule has 2 aliphatic rings. The van der Waals surface area contributed by atoms with Crippen molar-refractivity contribution in [1.29, 1.82) is 0 Å². The van der Waals surface area contributed by atoms with E-state index in [-0.39, 0.29) is 30.7 Å². The van der Waals surface area contributed by atoms with Crippen LogP contribution in [0.5, 0.6) is 0 Å². The average molecular weight is 368 g/mol. The van der Waals surface area contributed by atoms with Gasteiger partial charge in [0.2, 0.25) is 0 Å². The summed E-state index contributed by atoms with van der Waals surface area (Å²) >= 11 is 0. The summed E-state index contributed by atoms with van der Waals surface area (Å²) < 4.78 is 0. The van der Waals surface area contributed by atoms with Gasteiger partial charge >= 0.3 is 5.97 Å². The van der Waals surface area contributed by atoms with Gasteiger partial charge in [-0.1, -0.05) is 50.5 Å². The Labute approximate surface area is 155 Å². The lowest BCUT2D eigenvalue weighted by Crippen LogP contribution is -2.29. The molecule has 1 heterocycles. The Balaban J connectivity index is 1.82. The quantitative estimate of drug-likeness (QED) is 0.215. The van der Waals surface area contributed by atoms with Crippen LogP contribution >= 0.6 is 0 Å². The van der Waals surface area contributed by atoms with E-state index in [1.54, 1.807) is 0 Å². The van der Waals surface area contributed by atoms with Gasteiger partial charge in [0.25, 0.3) is 0 Å². The number of unbranched alkanes of at least 4 members (excludes halogenated alkanes) is 3. The summed E-state index contributed by atoms with van der Waals surface area (Å²) in [7, 11) is 0. The lowest BCUT2D eigenvalue weighted by atomic mass is 9.89. The van der Waals surface area contributed by atoms with Crippen LogP contribution in [0.2, 0.25) is 0 Å². The van der Waals surface area contributed by atoms with Gasteiger partial charge in [0.05, 0.1) is 6.10 Å². The second-order valence-corrected chi connectivity index (χ2v) is 7.26. The summed E-state index contributed by atoms with van der Waals surface area (Å²) in [5, 5.41) is 17.8. The highest BCUT2D eigenvalue weighted by Gasteiger charge is 2.49. The second kappa shape index (κ2) is 11.5. The Morgan fingerprint density at radius 2 is 2.04 bits per heavy atom. The molecule has 2 fully saturated rings. The van der Waals surface area contributed by atoms with Gasteiger partial charge in [0, 0.05) is 24.7 Å². The minimum atomic E-state index is -0.748. The van der Waals surface area contributed by atoms with Crippen molar-refractivity contribution in [3.05, 3.63) is 24.3 Å². The second-order valence-electron chi connectivity index (χ2n) is 7.26. The molecule has 1 aliphatic heterocycles. The third-order valence-corrected chi connectivity index (χ3v) is 5.28. The molecule has 1 saturated carbocycles. The maximum atomic E-state index is 10.5. The van der Waals surface area contributed by atoms with Crippen LogP contribution < -0.4 is 0 Å². The molecule has 1 aliphatic carbocycles. The fourth-order valence-corrected chi connectivity index (χ4v) is 3.79. The highest BCUT2D eigenvalue weighted by Crippen LogP contribution is 2.44. The number of hydrogen-bond acceptors (Lipinski definition) is 5. The first-order chi connectivity index (χ1) is 12.7. The topological polar surface area (TPSA) is 85.2 Å². The van der Waals surface area contributed by atoms with Crippen LogP contribution in [0.25, 0.3) is 0 Å². The van der Waals surface area contributed by atoms with E-state index in [2.05, 4.69) is 30.0 Å². The fourth-order valence-electron chi connectivity index (χ4n) is 3.79. The molecule has 0 amide bonds. The van der Waals surface area contributed by atoms with Crippen LogP contribution in [0.1, 0.15) is 64.7 Å². The van der Waals surface area contributed by atoms with Gasteiger partial charge in [-0.3, -0.25) is 10.1 Å². The van der Waals surface area contributed by atoms with E-state index in [0.29, 0.717) is 12.3 Å². The van der Waals surface area contributed by atoms with E-state index in [1.165, 1.54) is 0 Å². The maximum Gasteiger partial charge on any atom is 0.303 e. The molecule has 1 saturated heterocycles. The zero-order chi connectivity index (χ0) is 18.8. The summed E-state index contributed by atoms with van der Waals surface area (Å²) in [4.78, 5) is 25.9. The van der Waals surface area contributed by atoms with E-state index >= 15 is 0 Å². The first kappa shape index (κ1) is 21.1. The Kier molecular flexibility index (Phi) is 9.32. The van der Waals surface area contributed by atoms with Crippen LogP contribution in [0.15, 0.2) is 24.3 Å². The molecule has 6 heteroatoms. The van der Waals surface area contributed by atoms with Gasteiger partial charge in [-0.2, -0.15) is 0 Å². The van der Waals surface area contributed by atoms with Crippen molar-refractivity contribution in [2.45, 2.75) is 83.0 Å². The van der Waals surface area contributed by atoms with Crippen LogP contribution in [0.4, 0.5) is 0 Å². The van der Waals surface area contributed by atoms with Crippen molar-refractivity contribution < 1.29 is 29.8 Å². The maximum absolute atomic E-state index is 10.5. The van der Waals surface area contributed by atoms with Crippen LogP contribution in [-0.2, 0) is 19.5 Å². The summed E-state index contributed by atoms with van der Waals surface area (Å²) in [6, 6.07) is 0. The Hall–Kier alpha value is -1.21. The summed E-state index contributed by atoms with van der Waals surface area (Å²) in [6.45, 7) is 2.15. The van der Waals surface area contributed by atoms with Crippen molar-refractivity contribution in [2.24, 2.45) is 11.8 Å². The van der Waals surface area contributed by atoms with Crippen LogP contribution in [-0.4, -0.2) is 34.6 Å². The lowest BCUT2D eigenvalue weighted by molar-refractivity contribution is -0.336. The van der Waals surface area contributed by atoms with Crippen molar-refractivity contribution in [3.8, 4) is 0 Å². The van der Waals surface area contributed by atoms with Gasteiger partial charge in [0.1, 0.15) is 12.2 Å². The van der Waals surface area contributed by atoms with Crippen molar-refractivity contribution in [1.82, 2.24) is 0 Å². The number of fused-ring (bicyclic) bond motifs is 2. The molecular weight excluding hydrogens is 336 g/mol. The van der Waals surface area contributed by atoms with Gasteiger partial charge in [0.15, 0.2) is 0 Å². The summed E-state index contributed by atoms with van der Waals surface area (Å²) in [5.74, 6) is -0.154. The van der Waals surface area contributed by atoms with E-state index in [9.17, 15) is 4.79 Å². The number of allylic oxidation sites excluding steroid dienone is 2. The molecule has 148 valence electrons. The normalized spacial score (nSPS) is 29.2. The zero-order valence-corrected chi connectivity index (χ0v) is 15.6. The number of carboxylic acid groups (broad SMARTS) is 1. The van der Waals surface area contributed by atoms with Gasteiger partial charge in [-0.25, -0.2) is 14.7 Å². The van der Waals surface area contributed by atoms with Crippen LogP contribution in [0.3, 0.4) is 0 Å². The molecule has 5 atom stereocenters. The minimum absolute atomic E-state index is 0.0663. The molecule has 2 bridgehead atoms. The molecular formula is C20H32O6. The largest absolute Gasteiger partial charge is 0.481 e.